The molecule has 1 atom stereocenters. The fourth-order valence-corrected chi connectivity index (χ4v) is 3.65. The maximum atomic E-state index is 11.7. The van der Waals surface area contributed by atoms with Crippen LogP contribution in [0.1, 0.15) is 29.3 Å². The molecule has 0 spiro atoms. The quantitative estimate of drug-likeness (QED) is 0.353. The van der Waals surface area contributed by atoms with Crippen LogP contribution in [0.25, 0.3) is 0 Å². The number of hydrogen-bond donors (Lipinski definition) is 4. The van der Waals surface area contributed by atoms with Crippen LogP contribution in [0.4, 0.5) is 16.2 Å². The lowest BCUT2D eigenvalue weighted by molar-refractivity contribution is 0.240. The molecule has 1 heterocycles. The van der Waals surface area contributed by atoms with Crippen LogP contribution in [0.5, 0.6) is 11.5 Å². The third-order valence-corrected chi connectivity index (χ3v) is 5.47. The second kappa shape index (κ2) is 11.2. The molecule has 4 N–H and O–H groups in total. The Hall–Kier alpha value is -4.07. The molecule has 1 aromatic heterocycles. The molecule has 0 bridgehead atoms. The topological polar surface area (TPSA) is 108 Å². The van der Waals surface area contributed by atoms with Gasteiger partial charge in [-0.1, -0.05) is 12.1 Å². The van der Waals surface area contributed by atoms with Gasteiger partial charge in [0.05, 0.1) is 31.3 Å². The summed E-state index contributed by atoms with van der Waals surface area (Å²) in [6.07, 6.45) is 2.28. The lowest BCUT2D eigenvalue weighted by Crippen LogP contribution is -2.40. The predicted molar refractivity (Wildman–Crippen MR) is 135 cm³/mol. The number of aryl methyl sites for hydroxylation is 1. The number of amides is 2. The van der Waals surface area contributed by atoms with Crippen molar-refractivity contribution in [3.63, 3.8) is 0 Å². The van der Waals surface area contributed by atoms with E-state index in [9.17, 15) is 4.79 Å². The van der Waals surface area contributed by atoms with Gasteiger partial charge in [-0.3, -0.25) is 10.4 Å². The van der Waals surface area contributed by atoms with Crippen LogP contribution >= 0.6 is 0 Å². The van der Waals surface area contributed by atoms with E-state index in [1.54, 1.807) is 27.5 Å². The van der Waals surface area contributed by atoms with Crippen LogP contribution in [0.2, 0.25) is 0 Å². The minimum Gasteiger partial charge on any atom is -0.493 e. The van der Waals surface area contributed by atoms with E-state index in [1.807, 2.05) is 62.4 Å². The number of benzene rings is 2. The van der Waals surface area contributed by atoms with Crippen LogP contribution < -0.4 is 25.4 Å². The van der Waals surface area contributed by atoms with Crippen molar-refractivity contribution in [1.29, 1.82) is 5.41 Å². The van der Waals surface area contributed by atoms with E-state index in [0.29, 0.717) is 29.2 Å². The normalized spacial score (nSPS) is 11.3. The molecule has 3 aromatic rings. The Kier molecular flexibility index (Phi) is 8.08. The van der Waals surface area contributed by atoms with E-state index in [4.69, 9.17) is 14.9 Å². The van der Waals surface area contributed by atoms with Crippen LogP contribution in [0.3, 0.4) is 0 Å². The summed E-state index contributed by atoms with van der Waals surface area (Å²) in [4.78, 5) is 16.0. The number of nitrogens with zero attached hydrogens (tertiary/aromatic N) is 1. The van der Waals surface area contributed by atoms with Crippen molar-refractivity contribution in [3.8, 4) is 11.5 Å². The van der Waals surface area contributed by atoms with Crippen LogP contribution in [-0.4, -0.2) is 44.0 Å². The zero-order valence-electron chi connectivity index (χ0n) is 20.2. The Labute approximate surface area is 200 Å². The van der Waals surface area contributed by atoms with Gasteiger partial charge in [-0.2, -0.15) is 0 Å². The molecule has 0 saturated heterocycles. The molecule has 2 amide bonds. The van der Waals surface area contributed by atoms with Gasteiger partial charge in [0.15, 0.2) is 11.5 Å². The van der Waals surface area contributed by atoms with Crippen molar-refractivity contribution < 1.29 is 14.3 Å². The Morgan fingerprint density at radius 3 is 2.38 bits per heavy atom. The summed E-state index contributed by atoms with van der Waals surface area (Å²) in [5.41, 5.74) is 5.45. The number of ether oxygens (including phenoxy) is 2. The second-order valence-corrected chi connectivity index (χ2v) is 7.91. The Balaban J connectivity index is 1.90. The fraction of sp³-hybridized carbons (Fsp3) is 0.269. The number of pyridine rings is 1. The van der Waals surface area contributed by atoms with Gasteiger partial charge in [-0.25, -0.2) is 4.79 Å². The van der Waals surface area contributed by atoms with Crippen molar-refractivity contribution in [2.24, 2.45) is 0 Å². The summed E-state index contributed by atoms with van der Waals surface area (Å²) in [6, 6.07) is 14.8. The molecule has 0 fully saturated rings. The molecule has 0 aliphatic heterocycles. The van der Waals surface area contributed by atoms with E-state index in [1.165, 1.54) is 0 Å². The number of methoxy groups -OCH3 is 2. The molecule has 8 nitrogen and oxygen atoms in total. The van der Waals surface area contributed by atoms with E-state index in [-0.39, 0.29) is 12.1 Å². The highest BCUT2D eigenvalue weighted by molar-refractivity contribution is 6.12. The van der Waals surface area contributed by atoms with Crippen molar-refractivity contribution in [3.05, 3.63) is 77.1 Å². The van der Waals surface area contributed by atoms with E-state index >= 15 is 0 Å². The summed E-state index contributed by atoms with van der Waals surface area (Å²) in [5, 5.41) is 17.7. The van der Waals surface area contributed by atoms with Crippen molar-refractivity contribution >= 4 is 23.1 Å². The van der Waals surface area contributed by atoms with Gasteiger partial charge < -0.3 is 25.4 Å². The number of rotatable bonds is 9. The Morgan fingerprint density at radius 2 is 1.76 bits per heavy atom. The molecule has 2 aromatic carbocycles. The molecule has 0 saturated carbocycles. The van der Waals surface area contributed by atoms with Gasteiger partial charge in [0.25, 0.3) is 0 Å². The number of nitrogens with one attached hydrogen (secondary N) is 4. The average molecular weight is 462 g/mol. The minimum atomic E-state index is -0.253. The highest BCUT2D eigenvalue weighted by Crippen LogP contribution is 2.32. The molecule has 3 rings (SSSR count). The van der Waals surface area contributed by atoms with Gasteiger partial charge in [-0.05, 0) is 62.2 Å². The third-order valence-electron chi connectivity index (χ3n) is 5.47. The lowest BCUT2D eigenvalue weighted by atomic mass is 9.93. The molecule has 178 valence electrons. The first-order valence-corrected chi connectivity index (χ1v) is 11.0. The average Bonchev–Trinajstić information content (AvgIpc) is 2.85. The number of carbonyl (C=O) groups excluding carboxylic acids is 1. The third kappa shape index (κ3) is 5.83. The fourth-order valence-electron chi connectivity index (χ4n) is 3.65. The lowest BCUT2D eigenvalue weighted by Gasteiger charge is -2.19. The standard InChI is InChI=1S/C26H31N5O3/c1-16(30-26(32)28-3)13-19-14-23(33-4)24(34-5)15-21(19)25(27)18-8-10-20(11-9-18)31-22-7-6-12-29-17(22)2/h6-12,14-16,27,31H,13H2,1-5H3,(H2,28,30,32). The van der Waals surface area contributed by atoms with Gasteiger partial charge in [-0.15, -0.1) is 0 Å². The first-order chi connectivity index (χ1) is 16.4. The molecule has 0 radical (unpaired) electrons. The number of hydrogen-bond acceptors (Lipinski definition) is 6. The maximum Gasteiger partial charge on any atom is 0.314 e. The zero-order valence-corrected chi connectivity index (χ0v) is 20.2. The number of urea groups is 1. The zero-order chi connectivity index (χ0) is 24.7. The van der Waals surface area contributed by atoms with Crippen molar-refractivity contribution in [2.45, 2.75) is 26.3 Å². The van der Waals surface area contributed by atoms with Gasteiger partial charge in [0, 0.05) is 36.1 Å². The van der Waals surface area contributed by atoms with E-state index < -0.39 is 0 Å². The summed E-state index contributed by atoms with van der Waals surface area (Å²) < 4.78 is 11.0. The first kappa shape index (κ1) is 24.6. The second-order valence-electron chi connectivity index (χ2n) is 7.91. The molecule has 34 heavy (non-hydrogen) atoms. The Bertz CT molecular complexity index is 1160. The molecule has 8 heteroatoms. The molecular weight excluding hydrogens is 430 g/mol. The van der Waals surface area contributed by atoms with Crippen molar-refractivity contribution in [1.82, 2.24) is 15.6 Å². The van der Waals surface area contributed by atoms with E-state index in [2.05, 4.69) is 20.9 Å². The predicted octanol–water partition coefficient (Wildman–Crippen LogP) is 4.43. The summed E-state index contributed by atoms with van der Waals surface area (Å²) in [6.45, 7) is 3.87. The highest BCUT2D eigenvalue weighted by atomic mass is 16.5. The van der Waals surface area contributed by atoms with Crippen LogP contribution in [0, 0.1) is 12.3 Å². The molecule has 0 aliphatic rings. The number of aromatic nitrogens is 1. The van der Waals surface area contributed by atoms with Crippen LogP contribution in [0.15, 0.2) is 54.7 Å². The summed E-state index contributed by atoms with van der Waals surface area (Å²) in [7, 11) is 4.73. The van der Waals surface area contributed by atoms with Gasteiger partial charge in [0.1, 0.15) is 0 Å². The maximum absolute atomic E-state index is 11.7. The highest BCUT2D eigenvalue weighted by Gasteiger charge is 2.18. The summed E-state index contributed by atoms with van der Waals surface area (Å²) in [5.74, 6) is 1.12. The van der Waals surface area contributed by atoms with Crippen molar-refractivity contribution in [2.75, 3.05) is 26.6 Å². The first-order valence-electron chi connectivity index (χ1n) is 11.0. The van der Waals surface area contributed by atoms with Gasteiger partial charge in [0.2, 0.25) is 0 Å². The van der Waals surface area contributed by atoms with E-state index in [0.717, 1.165) is 28.2 Å². The number of carbonyl (C=O) groups is 1. The smallest absolute Gasteiger partial charge is 0.314 e. The van der Waals surface area contributed by atoms with Crippen LogP contribution in [-0.2, 0) is 6.42 Å². The minimum absolute atomic E-state index is 0.154. The monoisotopic (exact) mass is 461 g/mol. The SMILES string of the molecule is CNC(=O)NC(C)Cc1cc(OC)c(OC)cc1C(=N)c1ccc(Nc2cccnc2C)cc1. The largest absolute Gasteiger partial charge is 0.493 e. The Morgan fingerprint density at radius 1 is 1.09 bits per heavy atom. The molecule has 0 aliphatic carbocycles. The summed E-state index contributed by atoms with van der Waals surface area (Å²) >= 11 is 0. The molecule has 1 unspecified atom stereocenters. The number of anilines is 2. The van der Waals surface area contributed by atoms with Gasteiger partial charge >= 0.3 is 6.03 Å². The molecular formula is C26H31N5O3.